The van der Waals surface area contributed by atoms with Crippen LogP contribution in [0.5, 0.6) is 0 Å². The largest absolute Gasteiger partial charge is 0.324 e. The van der Waals surface area contributed by atoms with Crippen molar-refractivity contribution in [1.82, 2.24) is 0 Å². The molecule has 1 unspecified atom stereocenters. The van der Waals surface area contributed by atoms with E-state index in [1.165, 1.54) is 16.7 Å². The molecule has 0 spiro atoms. The third-order valence-corrected chi connectivity index (χ3v) is 4.27. The summed E-state index contributed by atoms with van der Waals surface area (Å²) >= 11 is 5.92. The molecular formula is C17H18ClN. The van der Waals surface area contributed by atoms with E-state index in [-0.39, 0.29) is 5.54 Å². The average Bonchev–Trinajstić information content (AvgIpc) is 2.41. The second-order valence-corrected chi connectivity index (χ2v) is 6.05. The number of rotatable bonds is 2. The molecule has 0 saturated carbocycles. The summed E-state index contributed by atoms with van der Waals surface area (Å²) in [5.41, 5.74) is 10.6. The summed E-state index contributed by atoms with van der Waals surface area (Å²) in [6.07, 6.45) is 4.01. The Balaban J connectivity index is 1.80. The van der Waals surface area contributed by atoms with Gasteiger partial charge >= 0.3 is 0 Å². The summed E-state index contributed by atoms with van der Waals surface area (Å²) in [4.78, 5) is 0. The molecule has 1 atom stereocenters. The topological polar surface area (TPSA) is 26.0 Å². The maximum atomic E-state index is 6.61. The first-order valence-corrected chi connectivity index (χ1v) is 7.13. The van der Waals surface area contributed by atoms with Crippen LogP contribution in [0.25, 0.3) is 0 Å². The second-order valence-electron chi connectivity index (χ2n) is 5.61. The van der Waals surface area contributed by atoms with Crippen LogP contribution >= 0.6 is 11.6 Å². The van der Waals surface area contributed by atoms with Gasteiger partial charge in [-0.3, -0.25) is 0 Å². The molecular weight excluding hydrogens is 254 g/mol. The van der Waals surface area contributed by atoms with Gasteiger partial charge in [0, 0.05) is 10.6 Å². The number of aryl methyl sites for hydroxylation is 1. The summed E-state index contributed by atoms with van der Waals surface area (Å²) < 4.78 is 0. The Morgan fingerprint density at radius 1 is 1.00 bits per heavy atom. The van der Waals surface area contributed by atoms with Crippen LogP contribution in [0.1, 0.15) is 23.1 Å². The van der Waals surface area contributed by atoms with E-state index in [4.69, 9.17) is 17.3 Å². The zero-order valence-electron chi connectivity index (χ0n) is 10.9. The number of benzene rings is 2. The first-order chi connectivity index (χ1) is 9.15. The van der Waals surface area contributed by atoms with Gasteiger partial charge in [0.25, 0.3) is 0 Å². The molecule has 98 valence electrons. The highest BCUT2D eigenvalue weighted by atomic mass is 35.5. The van der Waals surface area contributed by atoms with Crippen LogP contribution in [0, 0.1) is 0 Å². The van der Waals surface area contributed by atoms with Gasteiger partial charge in [-0.15, -0.1) is 0 Å². The van der Waals surface area contributed by atoms with E-state index >= 15 is 0 Å². The molecule has 1 aliphatic carbocycles. The lowest BCUT2D eigenvalue weighted by Crippen LogP contribution is -2.47. The average molecular weight is 272 g/mol. The highest BCUT2D eigenvalue weighted by Crippen LogP contribution is 2.29. The number of hydrogen-bond donors (Lipinski definition) is 1. The lowest BCUT2D eigenvalue weighted by Gasteiger charge is -2.35. The standard InChI is InChI=1S/C17H18ClN/c18-16-7-5-13(6-8-16)11-17(19)10-9-14-3-1-2-4-15(14)12-17/h1-8H,9-12,19H2. The van der Waals surface area contributed by atoms with E-state index in [0.29, 0.717) is 0 Å². The van der Waals surface area contributed by atoms with E-state index in [9.17, 15) is 0 Å². The minimum absolute atomic E-state index is 0.123. The Morgan fingerprint density at radius 2 is 1.68 bits per heavy atom. The van der Waals surface area contributed by atoms with Crippen molar-refractivity contribution < 1.29 is 0 Å². The van der Waals surface area contributed by atoms with Gasteiger partial charge < -0.3 is 5.73 Å². The molecule has 0 heterocycles. The van der Waals surface area contributed by atoms with Gasteiger partial charge in [-0.2, -0.15) is 0 Å². The zero-order chi connectivity index (χ0) is 13.3. The van der Waals surface area contributed by atoms with Crippen LogP contribution in [0.15, 0.2) is 48.5 Å². The van der Waals surface area contributed by atoms with E-state index in [2.05, 4.69) is 36.4 Å². The highest BCUT2D eigenvalue weighted by Gasteiger charge is 2.30. The molecule has 2 heteroatoms. The number of nitrogens with two attached hydrogens (primary N) is 1. The fourth-order valence-electron chi connectivity index (χ4n) is 2.98. The molecule has 0 bridgehead atoms. The molecule has 1 nitrogen and oxygen atoms in total. The van der Waals surface area contributed by atoms with Gasteiger partial charge in [-0.25, -0.2) is 0 Å². The van der Waals surface area contributed by atoms with Gasteiger partial charge in [-0.1, -0.05) is 48.0 Å². The van der Waals surface area contributed by atoms with Crippen LogP contribution in [0.4, 0.5) is 0 Å². The van der Waals surface area contributed by atoms with Crippen molar-refractivity contribution >= 4 is 11.6 Å². The summed E-state index contributed by atoms with van der Waals surface area (Å²) in [7, 11) is 0. The van der Waals surface area contributed by atoms with Crippen molar-refractivity contribution in [3.63, 3.8) is 0 Å². The molecule has 2 aromatic rings. The normalized spacial score (nSPS) is 22.0. The predicted molar refractivity (Wildman–Crippen MR) is 80.5 cm³/mol. The van der Waals surface area contributed by atoms with Crippen molar-refractivity contribution in [3.8, 4) is 0 Å². The predicted octanol–water partition coefficient (Wildman–Crippen LogP) is 3.77. The van der Waals surface area contributed by atoms with Gasteiger partial charge in [-0.05, 0) is 54.5 Å². The zero-order valence-corrected chi connectivity index (χ0v) is 11.7. The van der Waals surface area contributed by atoms with Crippen LogP contribution in [-0.4, -0.2) is 5.54 Å². The van der Waals surface area contributed by atoms with Gasteiger partial charge in [0.15, 0.2) is 0 Å². The van der Waals surface area contributed by atoms with E-state index in [1.54, 1.807) is 0 Å². The maximum absolute atomic E-state index is 6.61. The van der Waals surface area contributed by atoms with Crippen LogP contribution in [-0.2, 0) is 19.3 Å². The molecule has 2 N–H and O–H groups in total. The van der Waals surface area contributed by atoms with Crippen molar-refractivity contribution in [1.29, 1.82) is 0 Å². The Hall–Kier alpha value is -1.31. The Bertz CT molecular complexity index is 576. The van der Waals surface area contributed by atoms with Gasteiger partial charge in [0.05, 0.1) is 0 Å². The third-order valence-electron chi connectivity index (χ3n) is 4.02. The van der Waals surface area contributed by atoms with Crippen LogP contribution < -0.4 is 5.73 Å². The third kappa shape index (κ3) is 2.83. The minimum atomic E-state index is -0.123. The van der Waals surface area contributed by atoms with Crippen LogP contribution in [0.3, 0.4) is 0 Å². The number of halogens is 1. The molecule has 1 aliphatic rings. The lowest BCUT2D eigenvalue weighted by molar-refractivity contribution is 0.369. The number of hydrogen-bond acceptors (Lipinski definition) is 1. The summed E-state index contributed by atoms with van der Waals surface area (Å²) in [6.45, 7) is 0. The monoisotopic (exact) mass is 271 g/mol. The first-order valence-electron chi connectivity index (χ1n) is 6.75. The number of fused-ring (bicyclic) bond motifs is 1. The molecule has 19 heavy (non-hydrogen) atoms. The van der Waals surface area contributed by atoms with Gasteiger partial charge in [0.2, 0.25) is 0 Å². The fourth-order valence-corrected chi connectivity index (χ4v) is 3.11. The van der Waals surface area contributed by atoms with Crippen LogP contribution in [0.2, 0.25) is 5.02 Å². The first kappa shape index (κ1) is 12.7. The summed E-state index contributed by atoms with van der Waals surface area (Å²) in [6, 6.07) is 16.7. The smallest absolute Gasteiger partial charge is 0.0406 e. The molecule has 0 radical (unpaired) electrons. The molecule has 0 saturated heterocycles. The van der Waals surface area contributed by atoms with E-state index in [1.807, 2.05) is 12.1 Å². The minimum Gasteiger partial charge on any atom is -0.324 e. The summed E-state index contributed by atoms with van der Waals surface area (Å²) in [5.74, 6) is 0. The quantitative estimate of drug-likeness (QED) is 0.884. The van der Waals surface area contributed by atoms with E-state index in [0.717, 1.165) is 30.7 Å². The van der Waals surface area contributed by atoms with Crippen molar-refractivity contribution in [2.24, 2.45) is 5.73 Å². The van der Waals surface area contributed by atoms with E-state index < -0.39 is 0 Å². The maximum Gasteiger partial charge on any atom is 0.0406 e. The summed E-state index contributed by atoms with van der Waals surface area (Å²) in [5, 5.41) is 0.781. The second kappa shape index (κ2) is 4.99. The molecule has 0 aromatic heterocycles. The Labute approximate surface area is 119 Å². The van der Waals surface area contributed by atoms with Gasteiger partial charge in [0.1, 0.15) is 0 Å². The molecule has 3 rings (SSSR count). The SMILES string of the molecule is NC1(Cc2ccc(Cl)cc2)CCc2ccccc2C1. The Morgan fingerprint density at radius 3 is 2.42 bits per heavy atom. The lowest BCUT2D eigenvalue weighted by atomic mass is 9.75. The fraction of sp³-hybridized carbons (Fsp3) is 0.294. The van der Waals surface area contributed by atoms with Crippen molar-refractivity contribution in [2.75, 3.05) is 0 Å². The molecule has 0 aliphatic heterocycles. The van der Waals surface area contributed by atoms with Crippen molar-refractivity contribution in [3.05, 3.63) is 70.2 Å². The molecule has 0 amide bonds. The Kier molecular flexibility index (Phi) is 3.34. The molecule has 2 aromatic carbocycles. The molecule has 0 fully saturated rings. The highest BCUT2D eigenvalue weighted by molar-refractivity contribution is 6.30. The van der Waals surface area contributed by atoms with Crippen molar-refractivity contribution in [2.45, 2.75) is 31.2 Å².